The zero-order valence-corrected chi connectivity index (χ0v) is 18.4. The molecule has 1 N–H and O–H groups in total. The number of para-hydroxylation sites is 1. The number of hydrogen-bond donors (Lipinski definition) is 1. The van der Waals surface area contributed by atoms with Crippen LogP contribution in [0.5, 0.6) is 11.5 Å². The molecule has 0 saturated carbocycles. The lowest BCUT2D eigenvalue weighted by atomic mass is 10.0. The van der Waals surface area contributed by atoms with Gasteiger partial charge in [-0.2, -0.15) is 0 Å². The lowest BCUT2D eigenvalue weighted by molar-refractivity contribution is -0.118. The maximum absolute atomic E-state index is 12.4. The fourth-order valence-corrected chi connectivity index (χ4v) is 3.75. The third-order valence-electron chi connectivity index (χ3n) is 4.65. The highest BCUT2D eigenvalue weighted by Crippen LogP contribution is 2.30. The van der Waals surface area contributed by atoms with Crippen LogP contribution in [0.15, 0.2) is 53.9 Å². The predicted molar refractivity (Wildman–Crippen MR) is 118 cm³/mol. The molecule has 1 heterocycles. The Bertz CT molecular complexity index is 986. The van der Waals surface area contributed by atoms with Gasteiger partial charge in [0.25, 0.3) is 0 Å². The fraction of sp³-hybridized carbons (Fsp3) is 0.318. The molecule has 0 fully saturated rings. The summed E-state index contributed by atoms with van der Waals surface area (Å²) >= 11 is 1.34. The monoisotopic (exact) mass is 426 g/mol. The number of carbonyl (C=O) groups is 1. The first-order chi connectivity index (χ1) is 14.5. The summed E-state index contributed by atoms with van der Waals surface area (Å²) < 4.78 is 12.6. The third-order valence-corrected chi connectivity index (χ3v) is 5.59. The quantitative estimate of drug-likeness (QED) is 0.524. The Kier molecular flexibility index (Phi) is 7.35. The van der Waals surface area contributed by atoms with Gasteiger partial charge in [-0.05, 0) is 29.7 Å². The number of carbonyl (C=O) groups excluding carboxylic acids is 1. The lowest BCUT2D eigenvalue weighted by Gasteiger charge is -2.13. The van der Waals surface area contributed by atoms with E-state index in [1.165, 1.54) is 17.3 Å². The van der Waals surface area contributed by atoms with Crippen molar-refractivity contribution in [3.63, 3.8) is 0 Å². The van der Waals surface area contributed by atoms with Crippen LogP contribution < -0.4 is 14.8 Å². The number of methoxy groups -OCH3 is 2. The van der Waals surface area contributed by atoms with Crippen molar-refractivity contribution in [3.05, 3.63) is 59.9 Å². The van der Waals surface area contributed by atoms with Gasteiger partial charge in [0.1, 0.15) is 6.33 Å². The average molecular weight is 427 g/mol. The summed E-state index contributed by atoms with van der Waals surface area (Å²) in [5.41, 5.74) is 3.09. The first kappa shape index (κ1) is 21.7. The standard InChI is InChI=1S/C22H26N4O3S/c1-15(2)16-8-10-18(11-9-16)26-14-24-25-22(26)30-13-20(27)23-12-17-6-5-7-19(28-3)21(17)29-4/h5-11,14-15H,12-13H2,1-4H3,(H,23,27). The van der Waals surface area contributed by atoms with Crippen molar-refractivity contribution in [2.45, 2.75) is 31.5 Å². The molecule has 7 nitrogen and oxygen atoms in total. The van der Waals surface area contributed by atoms with Gasteiger partial charge in [0.15, 0.2) is 16.7 Å². The van der Waals surface area contributed by atoms with Crippen LogP contribution in [0.1, 0.15) is 30.9 Å². The maximum Gasteiger partial charge on any atom is 0.230 e. The Morgan fingerprint density at radius 1 is 1.13 bits per heavy atom. The van der Waals surface area contributed by atoms with E-state index in [4.69, 9.17) is 9.47 Å². The molecule has 3 rings (SSSR count). The van der Waals surface area contributed by atoms with E-state index >= 15 is 0 Å². The Hall–Kier alpha value is -3.00. The van der Waals surface area contributed by atoms with Gasteiger partial charge in [0.05, 0.1) is 20.0 Å². The molecule has 8 heteroatoms. The molecule has 0 aliphatic heterocycles. The van der Waals surface area contributed by atoms with Gasteiger partial charge in [0, 0.05) is 17.8 Å². The van der Waals surface area contributed by atoms with Crippen molar-refractivity contribution in [1.29, 1.82) is 0 Å². The molecule has 0 aliphatic carbocycles. The molecule has 30 heavy (non-hydrogen) atoms. The Morgan fingerprint density at radius 3 is 2.57 bits per heavy atom. The van der Waals surface area contributed by atoms with E-state index in [9.17, 15) is 4.79 Å². The molecule has 1 aromatic heterocycles. The van der Waals surface area contributed by atoms with Crippen LogP contribution in [0.3, 0.4) is 0 Å². The Morgan fingerprint density at radius 2 is 1.90 bits per heavy atom. The summed E-state index contributed by atoms with van der Waals surface area (Å²) in [5.74, 6) is 1.86. The summed E-state index contributed by atoms with van der Waals surface area (Å²) in [5, 5.41) is 11.7. The molecule has 0 radical (unpaired) electrons. The molecule has 2 aromatic carbocycles. The second-order valence-electron chi connectivity index (χ2n) is 6.95. The number of ether oxygens (including phenoxy) is 2. The molecule has 0 aliphatic rings. The summed E-state index contributed by atoms with van der Waals surface area (Å²) in [7, 11) is 3.17. The second-order valence-corrected chi connectivity index (χ2v) is 7.89. The summed E-state index contributed by atoms with van der Waals surface area (Å²) in [6.07, 6.45) is 1.66. The number of aromatic nitrogens is 3. The van der Waals surface area contributed by atoms with Crippen molar-refractivity contribution < 1.29 is 14.3 Å². The van der Waals surface area contributed by atoms with E-state index in [0.717, 1.165) is 11.3 Å². The first-order valence-electron chi connectivity index (χ1n) is 9.63. The van der Waals surface area contributed by atoms with Crippen molar-refractivity contribution in [2.75, 3.05) is 20.0 Å². The molecular weight excluding hydrogens is 400 g/mol. The average Bonchev–Trinajstić information content (AvgIpc) is 3.24. The molecular formula is C22H26N4O3S. The van der Waals surface area contributed by atoms with Gasteiger partial charge < -0.3 is 14.8 Å². The van der Waals surface area contributed by atoms with Gasteiger partial charge in [-0.15, -0.1) is 10.2 Å². The van der Waals surface area contributed by atoms with Gasteiger partial charge in [0.2, 0.25) is 5.91 Å². The minimum absolute atomic E-state index is 0.102. The van der Waals surface area contributed by atoms with Crippen molar-refractivity contribution in [1.82, 2.24) is 20.1 Å². The normalized spacial score (nSPS) is 10.8. The zero-order valence-electron chi connectivity index (χ0n) is 17.6. The second kappa shape index (κ2) is 10.2. The number of nitrogens with zero attached hydrogens (tertiary/aromatic N) is 3. The Balaban J connectivity index is 1.59. The van der Waals surface area contributed by atoms with Crippen LogP contribution in [0, 0.1) is 0 Å². The molecule has 0 atom stereocenters. The van der Waals surface area contributed by atoms with Crippen LogP contribution in [0.2, 0.25) is 0 Å². The van der Waals surface area contributed by atoms with Crippen LogP contribution in [-0.4, -0.2) is 40.6 Å². The van der Waals surface area contributed by atoms with Crippen LogP contribution in [0.25, 0.3) is 5.69 Å². The van der Waals surface area contributed by atoms with Gasteiger partial charge in [-0.1, -0.05) is 49.9 Å². The summed E-state index contributed by atoms with van der Waals surface area (Å²) in [4.78, 5) is 12.4. The molecule has 0 saturated heterocycles. The van der Waals surface area contributed by atoms with E-state index in [-0.39, 0.29) is 11.7 Å². The molecule has 0 spiro atoms. The molecule has 158 valence electrons. The minimum Gasteiger partial charge on any atom is -0.493 e. The number of benzene rings is 2. The van der Waals surface area contributed by atoms with E-state index in [2.05, 4.69) is 41.5 Å². The topological polar surface area (TPSA) is 78.3 Å². The maximum atomic E-state index is 12.4. The molecule has 1 amide bonds. The van der Waals surface area contributed by atoms with Crippen LogP contribution in [-0.2, 0) is 11.3 Å². The SMILES string of the molecule is COc1cccc(CNC(=O)CSc2nncn2-c2ccc(C(C)C)cc2)c1OC. The van der Waals surface area contributed by atoms with E-state index in [1.807, 2.05) is 34.9 Å². The molecule has 0 unspecified atom stereocenters. The number of rotatable bonds is 9. The number of hydrogen-bond acceptors (Lipinski definition) is 6. The van der Waals surface area contributed by atoms with Gasteiger partial charge in [-0.3, -0.25) is 9.36 Å². The number of thioether (sulfide) groups is 1. The van der Waals surface area contributed by atoms with Gasteiger partial charge in [-0.25, -0.2) is 0 Å². The molecule has 0 bridgehead atoms. The van der Waals surface area contributed by atoms with Gasteiger partial charge >= 0.3 is 0 Å². The minimum atomic E-state index is -0.102. The lowest BCUT2D eigenvalue weighted by Crippen LogP contribution is -2.25. The first-order valence-corrected chi connectivity index (χ1v) is 10.6. The third kappa shape index (κ3) is 5.13. The number of nitrogens with one attached hydrogen (secondary N) is 1. The van der Waals surface area contributed by atoms with Crippen LogP contribution in [0.4, 0.5) is 0 Å². The van der Waals surface area contributed by atoms with Crippen molar-refractivity contribution in [2.24, 2.45) is 0 Å². The van der Waals surface area contributed by atoms with Crippen molar-refractivity contribution >= 4 is 17.7 Å². The summed E-state index contributed by atoms with van der Waals surface area (Å²) in [6, 6.07) is 13.9. The summed E-state index contributed by atoms with van der Waals surface area (Å²) in [6.45, 7) is 4.67. The highest BCUT2D eigenvalue weighted by molar-refractivity contribution is 7.99. The zero-order chi connectivity index (χ0) is 21.5. The van der Waals surface area contributed by atoms with E-state index in [1.54, 1.807) is 20.5 Å². The molecule has 3 aromatic rings. The fourth-order valence-electron chi connectivity index (χ4n) is 2.99. The number of amides is 1. The largest absolute Gasteiger partial charge is 0.493 e. The van der Waals surface area contributed by atoms with E-state index < -0.39 is 0 Å². The highest BCUT2D eigenvalue weighted by atomic mass is 32.2. The van der Waals surface area contributed by atoms with Crippen molar-refractivity contribution in [3.8, 4) is 17.2 Å². The highest BCUT2D eigenvalue weighted by Gasteiger charge is 2.13. The Labute approximate surface area is 180 Å². The predicted octanol–water partition coefficient (Wildman–Crippen LogP) is 3.82. The van der Waals surface area contributed by atoms with E-state index in [0.29, 0.717) is 29.1 Å². The van der Waals surface area contributed by atoms with Crippen LogP contribution >= 0.6 is 11.8 Å². The smallest absolute Gasteiger partial charge is 0.230 e.